The molecule has 0 rings (SSSR count). The van der Waals surface area contributed by atoms with Gasteiger partial charge >= 0.3 is 12.1 Å². The van der Waals surface area contributed by atoms with Gasteiger partial charge in [0.15, 0.2) is 0 Å². The molecule has 0 aromatic rings. The Morgan fingerprint density at radius 1 is 1.09 bits per heavy atom. The second-order valence-electron chi connectivity index (χ2n) is 6.59. The lowest BCUT2D eigenvalue weighted by Crippen LogP contribution is -2.41. The molecule has 0 aromatic carbocycles. The maximum atomic E-state index is 11.5. The average molecular weight is 315 g/mol. The van der Waals surface area contributed by atoms with E-state index in [-0.39, 0.29) is 6.42 Å². The third-order valence-corrected chi connectivity index (χ3v) is 1.67. The van der Waals surface area contributed by atoms with Crippen molar-refractivity contribution in [3.8, 4) is 0 Å². The molecule has 22 heavy (non-hydrogen) atoms. The molecule has 128 valence electrons. The summed E-state index contributed by atoms with van der Waals surface area (Å²) in [6.45, 7) is 15.5. The van der Waals surface area contributed by atoms with Crippen LogP contribution in [0.15, 0.2) is 12.7 Å². The Morgan fingerprint density at radius 2 is 1.50 bits per heavy atom. The maximum absolute atomic E-state index is 11.5. The van der Waals surface area contributed by atoms with E-state index < -0.39 is 29.3 Å². The smallest absolute Gasteiger partial charge is 0.408 e. The molecule has 0 saturated heterocycles. The van der Waals surface area contributed by atoms with Crippen LogP contribution in [0.4, 0.5) is 4.79 Å². The van der Waals surface area contributed by atoms with Gasteiger partial charge in [-0.1, -0.05) is 6.08 Å². The molecule has 0 aliphatic rings. The number of hydrogen-bond donors (Lipinski definition) is 1. The highest BCUT2D eigenvalue weighted by molar-refractivity contribution is 5.79. The minimum absolute atomic E-state index is 0.222. The Hall–Kier alpha value is -1.85. The lowest BCUT2D eigenvalue weighted by Gasteiger charge is -2.23. The molecule has 1 atom stereocenters. The summed E-state index contributed by atoms with van der Waals surface area (Å²) >= 11 is 0. The molecule has 0 spiro atoms. The van der Waals surface area contributed by atoms with E-state index in [4.69, 9.17) is 9.47 Å². The van der Waals surface area contributed by atoms with Crippen LogP contribution in [-0.2, 0) is 19.1 Å². The molecule has 0 aromatic heterocycles. The van der Waals surface area contributed by atoms with Crippen molar-refractivity contribution in [1.29, 1.82) is 0 Å². The van der Waals surface area contributed by atoms with Crippen LogP contribution in [0.5, 0.6) is 0 Å². The molecular formula is C16H29NO5. The van der Waals surface area contributed by atoms with Crippen LogP contribution in [0.1, 0.15) is 54.9 Å². The zero-order valence-corrected chi connectivity index (χ0v) is 14.7. The zero-order chi connectivity index (χ0) is 18.0. The van der Waals surface area contributed by atoms with Gasteiger partial charge in [0.2, 0.25) is 0 Å². The van der Waals surface area contributed by atoms with Crippen molar-refractivity contribution in [2.24, 2.45) is 0 Å². The van der Waals surface area contributed by atoms with E-state index in [1.165, 1.54) is 0 Å². The topological polar surface area (TPSA) is 81.7 Å². The summed E-state index contributed by atoms with van der Waals surface area (Å²) in [5.74, 6) is -0.555. The van der Waals surface area contributed by atoms with Crippen molar-refractivity contribution in [3.05, 3.63) is 12.7 Å². The van der Waals surface area contributed by atoms with E-state index in [2.05, 4.69) is 11.9 Å². The van der Waals surface area contributed by atoms with Gasteiger partial charge in [-0.3, -0.25) is 4.79 Å². The van der Waals surface area contributed by atoms with Crippen molar-refractivity contribution < 1.29 is 23.9 Å². The first-order chi connectivity index (χ1) is 9.84. The van der Waals surface area contributed by atoms with Crippen molar-refractivity contribution in [1.82, 2.24) is 5.32 Å². The van der Waals surface area contributed by atoms with Crippen LogP contribution in [0.3, 0.4) is 0 Å². The van der Waals surface area contributed by atoms with Gasteiger partial charge in [-0.25, -0.2) is 4.79 Å². The number of nitrogens with one attached hydrogen (secondary N) is 1. The number of rotatable bonds is 4. The number of aldehydes is 1. The van der Waals surface area contributed by atoms with Crippen LogP contribution in [0.25, 0.3) is 0 Å². The number of carbonyl (C=O) groups is 3. The van der Waals surface area contributed by atoms with E-state index >= 15 is 0 Å². The normalized spacial score (nSPS) is 12.1. The van der Waals surface area contributed by atoms with Crippen LogP contribution < -0.4 is 5.32 Å². The first-order valence-electron chi connectivity index (χ1n) is 7.08. The first-order valence-corrected chi connectivity index (χ1v) is 7.08. The highest BCUT2D eigenvalue weighted by Crippen LogP contribution is 2.10. The monoisotopic (exact) mass is 315 g/mol. The Kier molecular flexibility index (Phi) is 10.2. The molecule has 0 bridgehead atoms. The lowest BCUT2D eigenvalue weighted by molar-refractivity contribution is -0.155. The third-order valence-electron chi connectivity index (χ3n) is 1.67. The second-order valence-corrected chi connectivity index (χ2v) is 6.59. The standard InChI is InChI=1S/C13H23NO5.C3H6/c1-12(2,3)18-10(16)7-9(8-15)14-11(17)19-13(4,5)6;1-3-2/h8-9H,7H2,1-6H3,(H,14,17);3H,1H2,2H3. The number of alkyl carbamates (subject to hydrolysis) is 1. The number of esters is 1. The van der Waals surface area contributed by atoms with Crippen molar-refractivity contribution in [3.63, 3.8) is 0 Å². The predicted octanol–water partition coefficient (Wildman–Crippen LogP) is 3.00. The molecular weight excluding hydrogens is 286 g/mol. The number of allylic oxidation sites excluding steroid dienone is 1. The van der Waals surface area contributed by atoms with Gasteiger partial charge in [0.1, 0.15) is 17.5 Å². The summed E-state index contributed by atoms with van der Waals surface area (Å²) in [7, 11) is 0. The Morgan fingerprint density at radius 3 is 1.82 bits per heavy atom. The van der Waals surface area contributed by atoms with Gasteiger partial charge in [-0.2, -0.15) is 0 Å². The quantitative estimate of drug-likeness (QED) is 0.490. The predicted molar refractivity (Wildman–Crippen MR) is 85.6 cm³/mol. The summed E-state index contributed by atoms with van der Waals surface area (Å²) < 4.78 is 10.1. The fourth-order valence-electron chi connectivity index (χ4n) is 1.15. The minimum atomic E-state index is -0.954. The first kappa shape index (κ1) is 22.4. The van der Waals surface area contributed by atoms with Crippen molar-refractivity contribution >= 4 is 18.3 Å². The zero-order valence-electron chi connectivity index (χ0n) is 14.7. The second kappa shape index (κ2) is 9.97. The molecule has 0 radical (unpaired) electrons. The summed E-state index contributed by atoms with van der Waals surface area (Å²) in [4.78, 5) is 33.8. The number of ether oxygens (including phenoxy) is 2. The average Bonchev–Trinajstić information content (AvgIpc) is 2.23. The Bertz CT molecular complexity index is 347. The van der Waals surface area contributed by atoms with E-state index in [0.29, 0.717) is 6.29 Å². The molecule has 6 nitrogen and oxygen atoms in total. The molecule has 1 amide bonds. The molecule has 0 aliphatic carbocycles. The third kappa shape index (κ3) is 16.2. The Balaban J connectivity index is 0. The molecule has 0 aliphatic heterocycles. The van der Waals surface area contributed by atoms with Crippen LogP contribution in [-0.4, -0.2) is 35.6 Å². The largest absolute Gasteiger partial charge is 0.460 e. The molecule has 6 heteroatoms. The summed E-state index contributed by atoms with van der Waals surface area (Å²) in [5, 5.41) is 2.31. The fraction of sp³-hybridized carbons (Fsp3) is 0.688. The lowest BCUT2D eigenvalue weighted by atomic mass is 10.2. The number of amides is 1. The van der Waals surface area contributed by atoms with E-state index in [1.54, 1.807) is 47.6 Å². The highest BCUT2D eigenvalue weighted by Gasteiger charge is 2.23. The van der Waals surface area contributed by atoms with Crippen molar-refractivity contribution in [2.45, 2.75) is 72.1 Å². The van der Waals surface area contributed by atoms with E-state index in [1.807, 2.05) is 6.92 Å². The SMILES string of the molecule is C=CC.CC(C)(C)OC(=O)CC(C=O)NC(=O)OC(C)(C)C. The summed E-state index contributed by atoms with van der Waals surface area (Å²) in [6, 6.07) is -0.954. The van der Waals surface area contributed by atoms with Gasteiger partial charge in [-0.15, -0.1) is 6.58 Å². The van der Waals surface area contributed by atoms with Gasteiger partial charge in [0.05, 0.1) is 12.5 Å². The summed E-state index contributed by atoms with van der Waals surface area (Å²) in [6.07, 6.45) is 1.27. The van der Waals surface area contributed by atoms with Crippen LogP contribution in [0, 0.1) is 0 Å². The molecule has 0 heterocycles. The Labute approximate surface area is 133 Å². The number of carbonyl (C=O) groups excluding carboxylic acids is 3. The van der Waals surface area contributed by atoms with Crippen molar-refractivity contribution in [2.75, 3.05) is 0 Å². The van der Waals surface area contributed by atoms with Gasteiger partial charge in [-0.05, 0) is 48.5 Å². The molecule has 1 N–H and O–H groups in total. The highest BCUT2D eigenvalue weighted by atomic mass is 16.6. The van der Waals surface area contributed by atoms with E-state index in [0.717, 1.165) is 0 Å². The van der Waals surface area contributed by atoms with Gasteiger partial charge in [0, 0.05) is 0 Å². The molecule has 1 unspecified atom stereocenters. The number of hydrogen-bond acceptors (Lipinski definition) is 5. The maximum Gasteiger partial charge on any atom is 0.408 e. The van der Waals surface area contributed by atoms with Crippen LogP contribution in [0.2, 0.25) is 0 Å². The summed E-state index contributed by atoms with van der Waals surface area (Å²) in [5.41, 5.74) is -1.29. The van der Waals surface area contributed by atoms with Crippen LogP contribution >= 0.6 is 0 Å². The molecule has 0 saturated carbocycles. The van der Waals surface area contributed by atoms with Gasteiger partial charge < -0.3 is 19.6 Å². The minimum Gasteiger partial charge on any atom is -0.460 e. The van der Waals surface area contributed by atoms with Gasteiger partial charge in [0.25, 0.3) is 0 Å². The fourth-order valence-corrected chi connectivity index (χ4v) is 1.15. The van der Waals surface area contributed by atoms with E-state index in [9.17, 15) is 14.4 Å². The molecule has 0 fully saturated rings.